The van der Waals surface area contributed by atoms with Gasteiger partial charge in [0.1, 0.15) is 18.8 Å². The van der Waals surface area contributed by atoms with E-state index < -0.39 is 19.2 Å². The van der Waals surface area contributed by atoms with E-state index in [-0.39, 0.29) is 47.6 Å². The van der Waals surface area contributed by atoms with Gasteiger partial charge >= 0.3 is 5.97 Å². The lowest BCUT2D eigenvalue weighted by Crippen LogP contribution is -2.70. The summed E-state index contributed by atoms with van der Waals surface area (Å²) in [5.74, 6) is -0.928. The topological polar surface area (TPSA) is 115 Å². The predicted octanol–water partition coefficient (Wildman–Crippen LogP) is 5.41. The Labute approximate surface area is 280 Å². The number of nitrogens with zero attached hydrogens (tertiary/aromatic N) is 4. The van der Waals surface area contributed by atoms with Gasteiger partial charge in [-0.3, -0.25) is 19.7 Å². The zero-order valence-corrected chi connectivity index (χ0v) is 29.1. The second-order valence-corrected chi connectivity index (χ2v) is 18.0. The minimum Gasteiger partial charge on any atom is -0.459 e. The van der Waals surface area contributed by atoms with Crippen LogP contribution < -0.4 is 15.3 Å². The molecule has 246 valence electrons. The number of ether oxygens (including phenoxy) is 1. The van der Waals surface area contributed by atoms with E-state index in [1.54, 1.807) is 5.38 Å². The van der Waals surface area contributed by atoms with Gasteiger partial charge in [0.05, 0.1) is 11.0 Å². The highest BCUT2D eigenvalue weighted by Crippen LogP contribution is 2.39. The number of non-ortho nitro benzene ring substituents is 1. The van der Waals surface area contributed by atoms with Gasteiger partial charge in [-0.25, -0.2) is 4.98 Å². The quantitative estimate of drug-likeness (QED) is 0.0850. The van der Waals surface area contributed by atoms with Crippen molar-refractivity contribution < 1.29 is 23.7 Å². The second kappa shape index (κ2) is 14.2. The van der Waals surface area contributed by atoms with Crippen molar-refractivity contribution in [1.82, 2.24) is 9.88 Å². The maximum Gasteiger partial charge on any atom is 0.325 e. The molecule has 1 aromatic heterocycles. The van der Waals surface area contributed by atoms with Gasteiger partial charge in [0.2, 0.25) is 0 Å². The van der Waals surface area contributed by atoms with Crippen LogP contribution in [0.1, 0.15) is 50.7 Å². The molecule has 5 rings (SSSR count). The van der Waals surface area contributed by atoms with Crippen molar-refractivity contribution in [1.29, 1.82) is 0 Å². The number of anilines is 1. The molecular formula is C35H40N4O6SSi. The van der Waals surface area contributed by atoms with Gasteiger partial charge in [-0.15, -0.1) is 11.3 Å². The first-order valence-electron chi connectivity index (χ1n) is 15.6. The molecule has 2 heterocycles. The first-order chi connectivity index (χ1) is 22.4. The summed E-state index contributed by atoms with van der Waals surface area (Å²) in [5.41, 5.74) is 0.848. The van der Waals surface area contributed by atoms with Crippen LogP contribution in [0.15, 0.2) is 90.3 Å². The van der Waals surface area contributed by atoms with Crippen molar-refractivity contribution in [2.45, 2.75) is 58.4 Å². The van der Waals surface area contributed by atoms with Crippen LogP contribution in [0.5, 0.6) is 0 Å². The van der Waals surface area contributed by atoms with Crippen LogP contribution in [0.4, 0.5) is 10.8 Å². The fourth-order valence-corrected chi connectivity index (χ4v) is 11.3. The van der Waals surface area contributed by atoms with E-state index in [0.717, 1.165) is 5.13 Å². The molecule has 0 N–H and O–H groups in total. The van der Waals surface area contributed by atoms with Crippen molar-refractivity contribution in [2.24, 2.45) is 0 Å². The smallest absolute Gasteiger partial charge is 0.325 e. The van der Waals surface area contributed by atoms with E-state index in [1.165, 1.54) is 50.9 Å². The van der Waals surface area contributed by atoms with Gasteiger partial charge in [0, 0.05) is 36.6 Å². The van der Waals surface area contributed by atoms with Gasteiger partial charge in [-0.1, -0.05) is 81.4 Å². The number of hydrogen-bond acceptors (Lipinski definition) is 9. The van der Waals surface area contributed by atoms with Crippen molar-refractivity contribution in [3.05, 3.63) is 112 Å². The van der Waals surface area contributed by atoms with Crippen LogP contribution in [0.2, 0.25) is 5.04 Å². The highest BCUT2D eigenvalue weighted by molar-refractivity contribution is 7.14. The summed E-state index contributed by atoms with van der Waals surface area (Å²) < 4.78 is 12.6. The van der Waals surface area contributed by atoms with E-state index in [0.29, 0.717) is 18.7 Å². The molecule has 1 aliphatic rings. The van der Waals surface area contributed by atoms with Crippen molar-refractivity contribution >= 4 is 52.7 Å². The lowest BCUT2D eigenvalue weighted by molar-refractivity contribution is -0.384. The van der Waals surface area contributed by atoms with Gasteiger partial charge in [-0.05, 0) is 47.0 Å². The number of nitro groups is 1. The fourth-order valence-electron chi connectivity index (χ4n) is 5.82. The first kappa shape index (κ1) is 34.0. The Kier molecular flexibility index (Phi) is 10.2. The molecule has 1 amide bonds. The largest absolute Gasteiger partial charge is 0.459 e. The summed E-state index contributed by atoms with van der Waals surface area (Å²) in [6, 6.07) is 26.6. The Morgan fingerprint density at radius 3 is 2.09 bits per heavy atom. The summed E-state index contributed by atoms with van der Waals surface area (Å²) >= 11 is 1.40. The molecule has 1 aliphatic heterocycles. The van der Waals surface area contributed by atoms with Crippen LogP contribution in [-0.2, 0) is 20.6 Å². The molecule has 10 nitrogen and oxygen atoms in total. The minimum absolute atomic E-state index is 0.00189. The van der Waals surface area contributed by atoms with Crippen LogP contribution in [0.3, 0.4) is 0 Å². The summed E-state index contributed by atoms with van der Waals surface area (Å²) in [7, 11) is -2.68. The number of thiazole rings is 1. The summed E-state index contributed by atoms with van der Waals surface area (Å²) in [6.07, 6.45) is 0.00189. The molecule has 0 aliphatic carbocycles. The Balaban J connectivity index is 1.23. The van der Waals surface area contributed by atoms with Gasteiger partial charge < -0.3 is 19.0 Å². The highest BCUT2D eigenvalue weighted by Gasteiger charge is 2.52. The number of hydrogen-bond donors (Lipinski definition) is 0. The zero-order chi connectivity index (χ0) is 33.8. The van der Waals surface area contributed by atoms with Crippen LogP contribution in [0.25, 0.3) is 0 Å². The summed E-state index contributed by atoms with van der Waals surface area (Å²) in [4.78, 5) is 44.7. The molecule has 0 unspecified atom stereocenters. The van der Waals surface area contributed by atoms with Crippen LogP contribution >= 0.6 is 11.3 Å². The molecule has 0 spiro atoms. The number of carbonyl (C=O) groups excluding carboxylic acids is 2. The molecule has 1 saturated heterocycles. The number of carbonyl (C=O) groups is 2. The molecule has 0 saturated carbocycles. The molecule has 47 heavy (non-hydrogen) atoms. The van der Waals surface area contributed by atoms with E-state index in [2.05, 4.69) is 79.2 Å². The molecule has 12 heteroatoms. The van der Waals surface area contributed by atoms with Crippen molar-refractivity contribution in [2.75, 3.05) is 24.5 Å². The van der Waals surface area contributed by atoms with Crippen LogP contribution in [-0.4, -0.2) is 66.8 Å². The minimum atomic E-state index is -2.68. The first-order valence-corrected chi connectivity index (χ1v) is 18.4. The zero-order valence-electron chi connectivity index (χ0n) is 27.3. The van der Waals surface area contributed by atoms with Gasteiger partial charge in [-0.2, -0.15) is 0 Å². The lowest BCUT2D eigenvalue weighted by Gasteiger charge is -2.49. The number of amides is 1. The van der Waals surface area contributed by atoms with Gasteiger partial charge in [0.25, 0.3) is 19.9 Å². The van der Waals surface area contributed by atoms with E-state index in [9.17, 15) is 19.7 Å². The molecular weight excluding hydrogens is 633 g/mol. The van der Waals surface area contributed by atoms with Crippen molar-refractivity contribution in [3.8, 4) is 0 Å². The average molecular weight is 673 g/mol. The third-order valence-electron chi connectivity index (χ3n) is 8.32. The van der Waals surface area contributed by atoms with Crippen molar-refractivity contribution in [3.63, 3.8) is 0 Å². The SMILES string of the molecule is CC(C)N(CC(=O)OCc1ccc([N+](=O)[O-])cc1)C(=O)c1csc(N2CC(O[Si](c3ccccc3)(c3ccccc3)C(C)(C)C)C2)n1. The summed E-state index contributed by atoms with van der Waals surface area (Å²) in [5, 5.41) is 15.7. The van der Waals surface area contributed by atoms with Crippen LogP contribution in [0, 0.1) is 10.1 Å². The fraction of sp³-hybridized carbons (Fsp3) is 0.343. The number of esters is 1. The number of rotatable bonds is 12. The number of nitro benzene ring substituents is 1. The van der Waals surface area contributed by atoms with E-state index in [4.69, 9.17) is 9.16 Å². The molecule has 0 atom stereocenters. The lowest BCUT2D eigenvalue weighted by atomic mass is 10.2. The predicted molar refractivity (Wildman–Crippen MR) is 186 cm³/mol. The average Bonchev–Trinajstić information content (AvgIpc) is 3.52. The number of aromatic nitrogens is 1. The molecule has 0 bridgehead atoms. The Morgan fingerprint density at radius 1 is 1.00 bits per heavy atom. The summed E-state index contributed by atoms with van der Waals surface area (Å²) in [6.45, 7) is 11.5. The number of benzene rings is 3. The maximum atomic E-state index is 13.5. The monoisotopic (exact) mass is 672 g/mol. The van der Waals surface area contributed by atoms with E-state index in [1.807, 2.05) is 26.0 Å². The highest BCUT2D eigenvalue weighted by atomic mass is 32.1. The Bertz CT molecular complexity index is 1650. The standard InChI is InChI=1S/C35H40N4O6SSi/c1-25(2)38(22-32(40)44-23-26-16-18-27(19-17-26)39(42)43)33(41)31-24-46-34(36-31)37-20-28(21-37)45-47(35(3,4)5,29-12-8-6-9-13-29)30-14-10-7-11-15-30/h6-19,24-25,28H,20-23H2,1-5H3. The third kappa shape index (κ3) is 7.45. The Morgan fingerprint density at radius 2 is 1.57 bits per heavy atom. The second-order valence-electron chi connectivity index (χ2n) is 12.9. The third-order valence-corrected chi connectivity index (χ3v) is 14.3. The van der Waals surface area contributed by atoms with Gasteiger partial charge in [0.15, 0.2) is 5.13 Å². The molecule has 1 fully saturated rings. The normalized spacial score (nSPS) is 13.7. The molecule has 0 radical (unpaired) electrons. The molecule has 4 aromatic rings. The maximum absolute atomic E-state index is 13.5. The van der Waals surface area contributed by atoms with E-state index >= 15 is 0 Å². The Hall–Kier alpha value is -4.39. The molecule has 3 aromatic carbocycles.